The lowest BCUT2D eigenvalue weighted by atomic mass is 9.84. The van der Waals surface area contributed by atoms with Crippen molar-refractivity contribution in [3.63, 3.8) is 0 Å². The number of fused-ring (bicyclic) bond motifs is 4. The molecular formula is C20H22N4. The quantitative estimate of drug-likeness (QED) is 0.802. The van der Waals surface area contributed by atoms with E-state index >= 15 is 0 Å². The van der Waals surface area contributed by atoms with Crippen LogP contribution in [0.25, 0.3) is 16.7 Å². The van der Waals surface area contributed by atoms with Crippen molar-refractivity contribution in [2.24, 2.45) is 5.92 Å². The van der Waals surface area contributed by atoms with Crippen molar-refractivity contribution >= 4 is 16.7 Å². The second-order valence-electron chi connectivity index (χ2n) is 7.05. The number of hydrogen-bond acceptors (Lipinski definition) is 3. The fourth-order valence-corrected chi connectivity index (χ4v) is 4.24. The average Bonchev–Trinajstić information content (AvgIpc) is 3.07. The molecule has 3 aromatic rings. The molecule has 3 saturated heterocycles. The molecule has 2 bridgehead atoms. The Morgan fingerprint density at radius 3 is 2.62 bits per heavy atom. The zero-order valence-electron chi connectivity index (χ0n) is 13.7. The van der Waals surface area contributed by atoms with Crippen LogP contribution in [0.4, 0.5) is 5.69 Å². The predicted octanol–water partition coefficient (Wildman–Crippen LogP) is 3.53. The van der Waals surface area contributed by atoms with Crippen LogP contribution in [0.1, 0.15) is 12.8 Å². The number of para-hydroxylation sites is 1. The van der Waals surface area contributed by atoms with Crippen LogP contribution in [-0.2, 0) is 0 Å². The maximum Gasteiger partial charge on any atom is 0.144 e. The molecule has 2 aromatic heterocycles. The van der Waals surface area contributed by atoms with E-state index in [2.05, 4.69) is 57.4 Å². The van der Waals surface area contributed by atoms with Gasteiger partial charge in [0.1, 0.15) is 5.65 Å². The van der Waals surface area contributed by atoms with Crippen LogP contribution >= 0.6 is 0 Å². The Bertz CT molecular complexity index is 846. The lowest BCUT2D eigenvalue weighted by Crippen LogP contribution is -2.53. The van der Waals surface area contributed by atoms with E-state index in [-0.39, 0.29) is 0 Å². The summed E-state index contributed by atoms with van der Waals surface area (Å²) < 4.78 is 2.15. The molecule has 4 heteroatoms. The molecule has 0 spiro atoms. The highest BCUT2D eigenvalue weighted by Gasteiger charge is 2.33. The molecule has 0 radical (unpaired) electrons. The number of anilines is 1. The molecule has 0 amide bonds. The van der Waals surface area contributed by atoms with Crippen LogP contribution in [0.15, 0.2) is 54.9 Å². The van der Waals surface area contributed by atoms with Crippen LogP contribution in [-0.4, -0.2) is 40.1 Å². The van der Waals surface area contributed by atoms with Crippen LogP contribution in [0.2, 0.25) is 0 Å². The van der Waals surface area contributed by atoms with Crippen LogP contribution in [0, 0.1) is 5.92 Å². The summed E-state index contributed by atoms with van der Waals surface area (Å²) in [7, 11) is 0. The zero-order valence-corrected chi connectivity index (χ0v) is 13.7. The molecule has 24 heavy (non-hydrogen) atoms. The van der Waals surface area contributed by atoms with Gasteiger partial charge >= 0.3 is 0 Å². The Balaban J connectivity index is 1.43. The van der Waals surface area contributed by atoms with E-state index in [9.17, 15) is 0 Å². The number of pyridine rings is 1. The second-order valence-corrected chi connectivity index (χ2v) is 7.05. The molecule has 1 atom stereocenters. The molecule has 3 aliphatic rings. The Morgan fingerprint density at radius 2 is 1.88 bits per heavy atom. The lowest BCUT2D eigenvalue weighted by Gasteiger charge is -2.45. The monoisotopic (exact) mass is 318 g/mol. The first-order chi connectivity index (χ1) is 11.9. The minimum atomic E-state index is 0.572. The fourth-order valence-electron chi connectivity index (χ4n) is 4.24. The maximum absolute atomic E-state index is 4.73. The van der Waals surface area contributed by atoms with E-state index in [0.29, 0.717) is 6.04 Å². The summed E-state index contributed by atoms with van der Waals surface area (Å²) in [6, 6.07) is 15.3. The minimum absolute atomic E-state index is 0.572. The molecule has 5 heterocycles. The maximum atomic E-state index is 4.73. The zero-order chi connectivity index (χ0) is 15.9. The largest absolute Gasteiger partial charge is 0.379 e. The van der Waals surface area contributed by atoms with Gasteiger partial charge in [-0.15, -0.1) is 0 Å². The van der Waals surface area contributed by atoms with Crippen molar-refractivity contribution in [2.75, 3.05) is 25.0 Å². The summed E-state index contributed by atoms with van der Waals surface area (Å²) in [4.78, 5) is 7.31. The summed E-state index contributed by atoms with van der Waals surface area (Å²) in [5.74, 6) is 0.819. The number of benzene rings is 1. The highest BCUT2D eigenvalue weighted by Crippen LogP contribution is 2.30. The van der Waals surface area contributed by atoms with Gasteiger partial charge in [-0.2, -0.15) is 0 Å². The number of piperidine rings is 3. The fraction of sp³-hybridized carbons (Fsp3) is 0.350. The van der Waals surface area contributed by atoms with E-state index < -0.39 is 0 Å². The normalized spacial score (nSPS) is 25.9. The lowest BCUT2D eigenvalue weighted by molar-refractivity contribution is 0.0975. The van der Waals surface area contributed by atoms with Gasteiger partial charge in [-0.05, 0) is 56.1 Å². The van der Waals surface area contributed by atoms with Crippen molar-refractivity contribution in [3.8, 4) is 5.69 Å². The number of nitrogens with zero attached hydrogens (tertiary/aromatic N) is 3. The molecule has 0 saturated carbocycles. The van der Waals surface area contributed by atoms with Crippen LogP contribution in [0.3, 0.4) is 0 Å². The molecule has 6 rings (SSSR count). The number of nitrogens with one attached hydrogen (secondary N) is 1. The van der Waals surface area contributed by atoms with Crippen LogP contribution < -0.4 is 5.32 Å². The van der Waals surface area contributed by atoms with E-state index in [1.807, 2.05) is 12.3 Å². The molecule has 0 unspecified atom stereocenters. The van der Waals surface area contributed by atoms with Crippen molar-refractivity contribution in [1.29, 1.82) is 0 Å². The molecule has 1 N–H and O–H groups in total. The Hall–Kier alpha value is -2.33. The van der Waals surface area contributed by atoms with Gasteiger partial charge in [0.15, 0.2) is 0 Å². The first-order valence-corrected chi connectivity index (χ1v) is 8.88. The van der Waals surface area contributed by atoms with Crippen LogP contribution in [0.5, 0.6) is 0 Å². The number of hydrogen-bond donors (Lipinski definition) is 1. The Morgan fingerprint density at radius 1 is 1.04 bits per heavy atom. The third-order valence-electron chi connectivity index (χ3n) is 5.57. The van der Waals surface area contributed by atoms with E-state index in [4.69, 9.17) is 4.98 Å². The molecule has 3 aliphatic heterocycles. The van der Waals surface area contributed by atoms with Crippen molar-refractivity contribution in [1.82, 2.24) is 14.5 Å². The molecular weight excluding hydrogens is 296 g/mol. The van der Waals surface area contributed by atoms with Gasteiger partial charge < -0.3 is 14.8 Å². The molecule has 1 aromatic carbocycles. The summed E-state index contributed by atoms with van der Waals surface area (Å²) in [6.45, 7) is 3.73. The van der Waals surface area contributed by atoms with Gasteiger partial charge in [-0.25, -0.2) is 4.98 Å². The molecule has 122 valence electrons. The van der Waals surface area contributed by atoms with E-state index in [1.54, 1.807) is 0 Å². The molecule has 0 aliphatic carbocycles. The van der Waals surface area contributed by atoms with E-state index in [1.165, 1.54) is 37.9 Å². The number of aromatic nitrogens is 2. The van der Waals surface area contributed by atoms with Crippen molar-refractivity contribution in [2.45, 2.75) is 18.9 Å². The van der Waals surface area contributed by atoms with Crippen molar-refractivity contribution < 1.29 is 0 Å². The smallest absolute Gasteiger partial charge is 0.144 e. The third-order valence-corrected chi connectivity index (χ3v) is 5.57. The van der Waals surface area contributed by atoms with E-state index in [0.717, 1.165) is 22.9 Å². The number of rotatable bonds is 3. The van der Waals surface area contributed by atoms with Gasteiger partial charge in [0.05, 0.1) is 11.9 Å². The SMILES string of the molecule is c1ccc(-n2ccc3cc(N[C@H]4CN5CCC4CC5)cnc32)cc1. The topological polar surface area (TPSA) is 33.1 Å². The standard InChI is InChI=1S/C20H22N4/c1-2-4-18(5-3-1)24-11-8-16-12-17(13-21-20(16)24)22-19-14-23-9-6-15(19)7-10-23/h1-5,8,11-13,15,19,22H,6-7,9-10,14H2/t19-/m0/s1. The highest BCUT2D eigenvalue weighted by molar-refractivity contribution is 5.81. The summed E-state index contributed by atoms with van der Waals surface area (Å²) >= 11 is 0. The first kappa shape index (κ1) is 14.1. The summed E-state index contributed by atoms with van der Waals surface area (Å²) in [5, 5.41) is 4.93. The van der Waals surface area contributed by atoms with Gasteiger partial charge in [-0.3, -0.25) is 0 Å². The molecule has 3 fully saturated rings. The van der Waals surface area contributed by atoms with Gasteiger partial charge in [0.25, 0.3) is 0 Å². The first-order valence-electron chi connectivity index (χ1n) is 8.88. The van der Waals surface area contributed by atoms with Gasteiger partial charge in [-0.1, -0.05) is 18.2 Å². The summed E-state index contributed by atoms with van der Waals surface area (Å²) in [6.07, 6.45) is 6.75. The van der Waals surface area contributed by atoms with Crippen molar-refractivity contribution in [3.05, 3.63) is 54.9 Å². The summed E-state index contributed by atoms with van der Waals surface area (Å²) in [5.41, 5.74) is 3.31. The Kier molecular flexibility index (Phi) is 3.30. The Labute approximate surface area is 142 Å². The second kappa shape index (κ2) is 5.64. The van der Waals surface area contributed by atoms with Gasteiger partial charge in [0, 0.05) is 29.9 Å². The highest BCUT2D eigenvalue weighted by atomic mass is 15.2. The third kappa shape index (κ3) is 2.38. The molecule has 4 nitrogen and oxygen atoms in total. The predicted molar refractivity (Wildman–Crippen MR) is 97.6 cm³/mol. The minimum Gasteiger partial charge on any atom is -0.379 e. The average molecular weight is 318 g/mol. The van der Waals surface area contributed by atoms with Gasteiger partial charge in [0.2, 0.25) is 0 Å².